The van der Waals surface area contributed by atoms with Crippen molar-refractivity contribution in [1.29, 1.82) is 0 Å². The summed E-state index contributed by atoms with van der Waals surface area (Å²) >= 11 is 0. The van der Waals surface area contributed by atoms with E-state index >= 15 is 0 Å². The number of hydrogen-bond donors (Lipinski definition) is 0. The zero-order chi connectivity index (χ0) is 19.2. The van der Waals surface area contributed by atoms with Crippen molar-refractivity contribution < 1.29 is 14.3 Å². The molecule has 0 spiro atoms. The van der Waals surface area contributed by atoms with Crippen LogP contribution in [0.25, 0.3) is 0 Å². The number of nitrogens with zero attached hydrogens (tertiary/aromatic N) is 2. The van der Waals surface area contributed by atoms with E-state index in [1.54, 1.807) is 0 Å². The van der Waals surface area contributed by atoms with Crippen molar-refractivity contribution in [2.24, 2.45) is 0 Å². The minimum absolute atomic E-state index is 0.0171. The summed E-state index contributed by atoms with van der Waals surface area (Å²) in [6.07, 6.45) is 3.47. The molecule has 2 aliphatic heterocycles. The van der Waals surface area contributed by atoms with E-state index in [1.165, 1.54) is 12.8 Å². The molecule has 0 bridgehead atoms. The van der Waals surface area contributed by atoms with Gasteiger partial charge in [-0.25, -0.2) is 0 Å². The Labute approximate surface area is 166 Å². The van der Waals surface area contributed by atoms with Crippen LogP contribution < -0.4 is 4.74 Å². The van der Waals surface area contributed by atoms with E-state index in [0.29, 0.717) is 24.5 Å². The SMILES string of the molecule is O=C(c1ccccc1Oc1ccccc1)N1CCCOC(CN2CCCC2)C1. The number of hydrogen-bond acceptors (Lipinski definition) is 4. The first kappa shape index (κ1) is 19.0. The highest BCUT2D eigenvalue weighted by atomic mass is 16.5. The van der Waals surface area contributed by atoms with E-state index in [0.717, 1.165) is 38.3 Å². The van der Waals surface area contributed by atoms with Crippen LogP contribution in [0.3, 0.4) is 0 Å². The van der Waals surface area contributed by atoms with Crippen molar-refractivity contribution in [3.63, 3.8) is 0 Å². The number of likely N-dealkylation sites (tertiary alicyclic amines) is 1. The first-order valence-corrected chi connectivity index (χ1v) is 10.2. The van der Waals surface area contributed by atoms with Crippen molar-refractivity contribution in [2.45, 2.75) is 25.4 Å². The largest absolute Gasteiger partial charge is 0.457 e. The molecule has 148 valence electrons. The van der Waals surface area contributed by atoms with Gasteiger partial charge in [-0.05, 0) is 56.6 Å². The van der Waals surface area contributed by atoms with Crippen molar-refractivity contribution in [2.75, 3.05) is 39.3 Å². The van der Waals surface area contributed by atoms with E-state index in [-0.39, 0.29) is 12.0 Å². The Kier molecular flexibility index (Phi) is 6.24. The summed E-state index contributed by atoms with van der Waals surface area (Å²) in [7, 11) is 0. The second kappa shape index (κ2) is 9.22. The number of carbonyl (C=O) groups excluding carboxylic acids is 1. The molecular weight excluding hydrogens is 352 g/mol. The molecule has 2 heterocycles. The van der Waals surface area contributed by atoms with Gasteiger partial charge in [0.15, 0.2) is 0 Å². The van der Waals surface area contributed by atoms with Crippen LogP contribution >= 0.6 is 0 Å². The lowest BCUT2D eigenvalue weighted by molar-refractivity contribution is 0.0297. The fourth-order valence-corrected chi connectivity index (χ4v) is 3.96. The zero-order valence-corrected chi connectivity index (χ0v) is 16.3. The van der Waals surface area contributed by atoms with Gasteiger partial charge < -0.3 is 19.3 Å². The predicted octanol–water partition coefficient (Wildman–Crippen LogP) is 3.81. The third-order valence-electron chi connectivity index (χ3n) is 5.39. The van der Waals surface area contributed by atoms with Crippen molar-refractivity contribution in [3.05, 3.63) is 60.2 Å². The second-order valence-electron chi connectivity index (χ2n) is 7.52. The fraction of sp³-hybridized carbons (Fsp3) is 0.435. The third-order valence-corrected chi connectivity index (χ3v) is 5.39. The maximum Gasteiger partial charge on any atom is 0.257 e. The number of carbonyl (C=O) groups is 1. The average molecular weight is 380 g/mol. The van der Waals surface area contributed by atoms with Gasteiger partial charge in [-0.1, -0.05) is 30.3 Å². The van der Waals surface area contributed by atoms with Crippen LogP contribution in [0.5, 0.6) is 11.5 Å². The minimum Gasteiger partial charge on any atom is -0.457 e. The van der Waals surface area contributed by atoms with E-state index in [9.17, 15) is 4.79 Å². The predicted molar refractivity (Wildman–Crippen MR) is 109 cm³/mol. The summed E-state index contributed by atoms with van der Waals surface area (Å²) in [5, 5.41) is 0. The Bertz CT molecular complexity index is 774. The van der Waals surface area contributed by atoms with Crippen molar-refractivity contribution in [1.82, 2.24) is 9.80 Å². The van der Waals surface area contributed by atoms with Gasteiger partial charge in [0, 0.05) is 26.2 Å². The smallest absolute Gasteiger partial charge is 0.257 e. The molecule has 5 nitrogen and oxygen atoms in total. The molecule has 1 amide bonds. The molecule has 0 radical (unpaired) electrons. The van der Waals surface area contributed by atoms with Crippen molar-refractivity contribution in [3.8, 4) is 11.5 Å². The Morgan fingerprint density at radius 1 is 0.964 bits per heavy atom. The van der Waals surface area contributed by atoms with E-state index in [2.05, 4.69) is 4.90 Å². The van der Waals surface area contributed by atoms with E-state index in [4.69, 9.17) is 9.47 Å². The summed E-state index contributed by atoms with van der Waals surface area (Å²) < 4.78 is 12.0. The molecule has 2 saturated heterocycles. The van der Waals surface area contributed by atoms with Crippen LogP contribution in [0.2, 0.25) is 0 Å². The van der Waals surface area contributed by atoms with Gasteiger partial charge in [0.2, 0.25) is 0 Å². The molecule has 0 aromatic heterocycles. The van der Waals surface area contributed by atoms with E-state index < -0.39 is 0 Å². The molecule has 2 aromatic carbocycles. The maximum atomic E-state index is 13.3. The highest BCUT2D eigenvalue weighted by molar-refractivity contribution is 5.97. The van der Waals surface area contributed by atoms with E-state index in [1.807, 2.05) is 59.5 Å². The Balaban J connectivity index is 1.48. The quantitative estimate of drug-likeness (QED) is 0.791. The third kappa shape index (κ3) is 4.72. The van der Waals surface area contributed by atoms with Gasteiger partial charge in [-0.15, -0.1) is 0 Å². The molecule has 0 saturated carbocycles. The van der Waals surface area contributed by atoms with Crippen LogP contribution in [0, 0.1) is 0 Å². The Hall–Kier alpha value is -2.37. The molecular formula is C23H28N2O3. The number of para-hydroxylation sites is 2. The van der Waals surface area contributed by atoms with Gasteiger partial charge >= 0.3 is 0 Å². The van der Waals surface area contributed by atoms with Gasteiger partial charge in [0.05, 0.1) is 11.7 Å². The lowest BCUT2D eigenvalue weighted by Gasteiger charge is -2.27. The summed E-state index contributed by atoms with van der Waals surface area (Å²) in [5.41, 5.74) is 0.605. The normalized spacial score (nSPS) is 20.7. The molecule has 2 aromatic rings. The number of amides is 1. The van der Waals surface area contributed by atoms with Gasteiger partial charge in [-0.2, -0.15) is 0 Å². The van der Waals surface area contributed by atoms with Gasteiger partial charge in [-0.3, -0.25) is 4.79 Å². The van der Waals surface area contributed by atoms with Gasteiger partial charge in [0.25, 0.3) is 5.91 Å². The first-order chi connectivity index (χ1) is 13.8. The molecule has 1 unspecified atom stereocenters. The van der Waals surface area contributed by atoms with Gasteiger partial charge in [0.1, 0.15) is 11.5 Å². The van der Waals surface area contributed by atoms with Crippen LogP contribution in [0.15, 0.2) is 54.6 Å². The monoisotopic (exact) mass is 380 g/mol. The first-order valence-electron chi connectivity index (χ1n) is 10.2. The highest BCUT2D eigenvalue weighted by Crippen LogP contribution is 2.26. The lowest BCUT2D eigenvalue weighted by atomic mass is 10.1. The molecule has 1 atom stereocenters. The second-order valence-corrected chi connectivity index (χ2v) is 7.52. The summed E-state index contributed by atoms with van der Waals surface area (Å²) in [6, 6.07) is 17.1. The van der Waals surface area contributed by atoms with Crippen LogP contribution in [-0.2, 0) is 4.74 Å². The molecule has 5 heteroatoms. The Morgan fingerprint density at radius 3 is 2.54 bits per heavy atom. The lowest BCUT2D eigenvalue weighted by Crippen LogP contribution is -2.42. The number of ether oxygens (including phenoxy) is 2. The molecule has 0 N–H and O–H groups in total. The molecule has 28 heavy (non-hydrogen) atoms. The number of benzene rings is 2. The van der Waals surface area contributed by atoms with Crippen LogP contribution in [0.1, 0.15) is 29.6 Å². The maximum absolute atomic E-state index is 13.3. The Morgan fingerprint density at radius 2 is 1.71 bits per heavy atom. The molecule has 2 fully saturated rings. The summed E-state index contributed by atoms with van der Waals surface area (Å²) in [6.45, 7) is 5.25. The molecule has 2 aliphatic rings. The zero-order valence-electron chi connectivity index (χ0n) is 16.3. The summed E-state index contributed by atoms with van der Waals surface area (Å²) in [5.74, 6) is 1.34. The van der Waals surface area contributed by atoms with Crippen LogP contribution in [-0.4, -0.2) is 61.1 Å². The standard InChI is InChI=1S/C23H28N2O3/c26-23(21-11-4-5-12-22(21)28-19-9-2-1-3-10-19)25-15-8-16-27-20(18-25)17-24-13-6-7-14-24/h1-5,9-12,20H,6-8,13-18H2. The minimum atomic E-state index is 0.0171. The summed E-state index contributed by atoms with van der Waals surface area (Å²) in [4.78, 5) is 17.7. The highest BCUT2D eigenvalue weighted by Gasteiger charge is 2.27. The van der Waals surface area contributed by atoms with Crippen molar-refractivity contribution >= 4 is 5.91 Å². The molecule has 0 aliphatic carbocycles. The topological polar surface area (TPSA) is 42.0 Å². The average Bonchev–Trinajstić information content (AvgIpc) is 3.12. The van der Waals surface area contributed by atoms with Crippen LogP contribution in [0.4, 0.5) is 0 Å². The number of rotatable bonds is 5. The molecule has 4 rings (SSSR count). The fourth-order valence-electron chi connectivity index (χ4n) is 3.96.